The maximum atomic E-state index is 13.0. The van der Waals surface area contributed by atoms with Gasteiger partial charge in [0.2, 0.25) is 0 Å². The van der Waals surface area contributed by atoms with E-state index in [1.165, 1.54) is 10.8 Å². The lowest BCUT2D eigenvalue weighted by atomic mass is 10.1. The van der Waals surface area contributed by atoms with Gasteiger partial charge in [0.05, 0.1) is 0 Å². The Hall–Kier alpha value is -2.54. The van der Waals surface area contributed by atoms with Crippen molar-refractivity contribution in [1.29, 1.82) is 0 Å². The number of nitrogens with zero attached hydrogens (tertiary/aromatic N) is 1. The van der Waals surface area contributed by atoms with E-state index < -0.39 is 20.2 Å². The smallest absolute Gasteiger partial charge is 0.322 e. The molecule has 1 aromatic heterocycles. The number of aromatic nitrogens is 1. The summed E-state index contributed by atoms with van der Waals surface area (Å²) in [6.07, 6.45) is 2.39. The molecule has 3 aromatic rings. The van der Waals surface area contributed by atoms with Gasteiger partial charge < -0.3 is 4.57 Å². The molecule has 0 aliphatic carbocycles. The van der Waals surface area contributed by atoms with E-state index in [-0.39, 0.29) is 5.56 Å². The molecule has 0 unspecified atom stereocenters. The average molecular weight is 351 g/mol. The molecule has 0 N–H and O–H groups in total. The van der Waals surface area contributed by atoms with Crippen LogP contribution in [0.2, 0.25) is 0 Å². The maximum Gasteiger partial charge on any atom is 0.501 e. The number of hydrogen-bond acceptors (Lipinski definition) is 2. The highest BCUT2D eigenvalue weighted by atomic mass is 32.2. The lowest BCUT2D eigenvalue weighted by Gasteiger charge is -2.08. The number of sulfone groups is 1. The van der Waals surface area contributed by atoms with Crippen molar-refractivity contribution in [2.24, 2.45) is 0 Å². The lowest BCUT2D eigenvalue weighted by molar-refractivity contribution is -0.0435. The van der Waals surface area contributed by atoms with Crippen LogP contribution in [0.4, 0.5) is 13.2 Å². The highest BCUT2D eigenvalue weighted by molar-refractivity contribution is 7.92. The van der Waals surface area contributed by atoms with E-state index in [0.717, 1.165) is 6.20 Å². The highest BCUT2D eigenvalue weighted by Crippen LogP contribution is 2.37. The Morgan fingerprint density at radius 1 is 0.792 bits per heavy atom. The monoisotopic (exact) mass is 351 g/mol. The molecule has 0 aliphatic heterocycles. The molecular formula is C17H12F3NO2S. The summed E-state index contributed by atoms with van der Waals surface area (Å²) < 4.78 is 64.4. The molecule has 0 amide bonds. The van der Waals surface area contributed by atoms with Crippen molar-refractivity contribution < 1.29 is 21.6 Å². The molecule has 0 spiro atoms. The molecule has 3 rings (SSSR count). The van der Waals surface area contributed by atoms with Crippen LogP contribution in [0.25, 0.3) is 16.8 Å². The number of alkyl halides is 3. The Morgan fingerprint density at radius 2 is 1.33 bits per heavy atom. The molecule has 124 valence electrons. The summed E-state index contributed by atoms with van der Waals surface area (Å²) in [6.45, 7) is 0. The quantitative estimate of drug-likeness (QED) is 0.700. The van der Waals surface area contributed by atoms with Crippen LogP contribution in [0, 0.1) is 0 Å². The minimum absolute atomic E-state index is 0.0109. The van der Waals surface area contributed by atoms with E-state index in [1.807, 2.05) is 0 Å². The molecule has 0 saturated carbocycles. The third-order valence-corrected chi connectivity index (χ3v) is 5.04. The second-order valence-electron chi connectivity index (χ2n) is 5.09. The van der Waals surface area contributed by atoms with Gasteiger partial charge in [0.15, 0.2) is 0 Å². The molecule has 0 saturated heterocycles. The minimum atomic E-state index is -5.46. The van der Waals surface area contributed by atoms with Crippen molar-refractivity contribution in [2.75, 3.05) is 0 Å². The summed E-state index contributed by atoms with van der Waals surface area (Å²) in [4.78, 5) is -0.759. The van der Waals surface area contributed by atoms with Gasteiger partial charge in [-0.1, -0.05) is 48.5 Å². The van der Waals surface area contributed by atoms with Crippen LogP contribution in [0.1, 0.15) is 0 Å². The van der Waals surface area contributed by atoms with Crippen molar-refractivity contribution in [3.63, 3.8) is 0 Å². The first-order chi connectivity index (χ1) is 11.3. The number of hydrogen-bond donors (Lipinski definition) is 0. The maximum absolute atomic E-state index is 13.0. The lowest BCUT2D eigenvalue weighted by Crippen LogP contribution is -2.23. The van der Waals surface area contributed by atoms with Crippen LogP contribution in [-0.2, 0) is 9.84 Å². The third-order valence-electron chi connectivity index (χ3n) is 3.52. The van der Waals surface area contributed by atoms with Crippen LogP contribution in [0.15, 0.2) is 78.0 Å². The van der Waals surface area contributed by atoms with Crippen LogP contribution in [0.5, 0.6) is 0 Å². The minimum Gasteiger partial charge on any atom is -0.322 e. The van der Waals surface area contributed by atoms with Crippen LogP contribution < -0.4 is 0 Å². The fourth-order valence-electron chi connectivity index (χ4n) is 2.36. The molecule has 7 heteroatoms. The SMILES string of the molecule is O=S(=O)(c1cn(-c2ccccc2)cc1-c1ccccc1)C(F)(F)F. The standard InChI is InChI=1S/C17H12F3NO2S/c18-17(19,20)24(22,23)16-12-21(14-9-5-2-6-10-14)11-15(16)13-7-3-1-4-8-13/h1-12H. The molecule has 1 heterocycles. The van der Waals surface area contributed by atoms with Gasteiger partial charge in [-0.3, -0.25) is 0 Å². The van der Waals surface area contributed by atoms with Gasteiger partial charge in [-0.15, -0.1) is 0 Å². The van der Waals surface area contributed by atoms with E-state index in [9.17, 15) is 21.6 Å². The van der Waals surface area contributed by atoms with Gasteiger partial charge in [-0.25, -0.2) is 8.42 Å². The molecular weight excluding hydrogens is 339 g/mol. The molecule has 0 atom stereocenters. The van der Waals surface area contributed by atoms with Gasteiger partial charge >= 0.3 is 5.51 Å². The molecule has 0 radical (unpaired) electrons. The van der Waals surface area contributed by atoms with Crippen molar-refractivity contribution in [2.45, 2.75) is 10.4 Å². The van der Waals surface area contributed by atoms with Gasteiger partial charge in [0, 0.05) is 23.6 Å². The topological polar surface area (TPSA) is 39.1 Å². The Kier molecular flexibility index (Phi) is 3.96. The molecule has 0 fully saturated rings. The average Bonchev–Trinajstić information content (AvgIpc) is 3.01. The Morgan fingerprint density at radius 3 is 1.88 bits per heavy atom. The predicted molar refractivity (Wildman–Crippen MR) is 84.4 cm³/mol. The molecule has 24 heavy (non-hydrogen) atoms. The zero-order chi connectivity index (χ0) is 17.4. The zero-order valence-electron chi connectivity index (χ0n) is 12.2. The van der Waals surface area contributed by atoms with Crippen molar-refractivity contribution >= 4 is 9.84 Å². The van der Waals surface area contributed by atoms with Gasteiger partial charge in [0.25, 0.3) is 9.84 Å². The molecule has 0 bridgehead atoms. The summed E-state index contributed by atoms with van der Waals surface area (Å²) in [5.41, 5.74) is -4.38. The Labute approximate surface area is 136 Å². The van der Waals surface area contributed by atoms with E-state index in [0.29, 0.717) is 11.3 Å². The van der Waals surface area contributed by atoms with Gasteiger partial charge in [-0.05, 0) is 17.7 Å². The Bertz CT molecular complexity index is 947. The second kappa shape index (κ2) is 5.83. The van der Waals surface area contributed by atoms with E-state index in [2.05, 4.69) is 0 Å². The van der Waals surface area contributed by atoms with Gasteiger partial charge in [-0.2, -0.15) is 13.2 Å². The summed E-state index contributed by atoms with van der Waals surface area (Å²) in [6, 6.07) is 16.7. The van der Waals surface area contributed by atoms with Gasteiger partial charge in [0.1, 0.15) is 4.90 Å². The van der Waals surface area contributed by atoms with E-state index in [4.69, 9.17) is 0 Å². The third kappa shape index (κ3) is 2.82. The van der Waals surface area contributed by atoms with E-state index in [1.54, 1.807) is 60.7 Å². The van der Waals surface area contributed by atoms with Crippen molar-refractivity contribution in [3.05, 3.63) is 73.1 Å². The normalized spacial score (nSPS) is 12.3. The molecule has 0 aliphatic rings. The summed E-state index contributed by atoms with van der Waals surface area (Å²) in [5.74, 6) is 0. The largest absolute Gasteiger partial charge is 0.501 e. The van der Waals surface area contributed by atoms with Crippen LogP contribution in [0.3, 0.4) is 0 Å². The predicted octanol–water partition coefficient (Wildman–Crippen LogP) is 4.44. The fourth-order valence-corrected chi connectivity index (χ4v) is 3.32. The summed E-state index contributed by atoms with van der Waals surface area (Å²) in [5, 5.41) is 0. The first-order valence-corrected chi connectivity index (χ1v) is 8.43. The fraction of sp³-hybridized carbons (Fsp3) is 0.0588. The van der Waals surface area contributed by atoms with Crippen LogP contribution >= 0.6 is 0 Å². The highest BCUT2D eigenvalue weighted by Gasteiger charge is 2.48. The number of rotatable bonds is 3. The van der Waals surface area contributed by atoms with Crippen LogP contribution in [-0.4, -0.2) is 18.5 Å². The first-order valence-electron chi connectivity index (χ1n) is 6.95. The summed E-state index contributed by atoms with van der Waals surface area (Å²) >= 11 is 0. The number of halogens is 3. The van der Waals surface area contributed by atoms with E-state index >= 15 is 0 Å². The number of benzene rings is 2. The summed E-state index contributed by atoms with van der Waals surface area (Å²) in [7, 11) is -5.46. The molecule has 3 nitrogen and oxygen atoms in total. The molecule has 2 aromatic carbocycles. The first kappa shape index (κ1) is 16.3. The van der Waals surface area contributed by atoms with Crippen molar-refractivity contribution in [1.82, 2.24) is 4.57 Å². The second-order valence-corrected chi connectivity index (χ2v) is 7.00. The van der Waals surface area contributed by atoms with Crippen molar-refractivity contribution in [3.8, 4) is 16.8 Å². The zero-order valence-corrected chi connectivity index (χ0v) is 13.1. The Balaban J connectivity index is 2.26. The number of para-hydroxylation sites is 1.